The van der Waals surface area contributed by atoms with Crippen molar-refractivity contribution in [3.05, 3.63) is 20.8 Å². The monoisotopic (exact) mass is 298 g/mol. The highest BCUT2D eigenvalue weighted by Gasteiger charge is 2.19. The molecule has 1 unspecified atom stereocenters. The minimum atomic E-state index is -0.440. The molecule has 0 saturated carbocycles. The van der Waals surface area contributed by atoms with Crippen LogP contribution in [-0.2, 0) is 6.54 Å². The van der Waals surface area contributed by atoms with Crippen molar-refractivity contribution in [1.82, 2.24) is 9.55 Å². The first-order chi connectivity index (χ1) is 9.49. The zero-order valence-electron chi connectivity index (χ0n) is 11.9. The maximum absolute atomic E-state index is 12.0. The molecule has 20 heavy (non-hydrogen) atoms. The lowest BCUT2D eigenvalue weighted by atomic mass is 10.2. The van der Waals surface area contributed by atoms with Gasteiger partial charge in [0.1, 0.15) is 11.5 Å². The third kappa shape index (κ3) is 3.39. The summed E-state index contributed by atoms with van der Waals surface area (Å²) < 4.78 is 1.43. The first-order valence-corrected chi connectivity index (χ1v) is 8.11. The predicted octanol–water partition coefficient (Wildman–Crippen LogP) is 1.08. The molecule has 4 N–H and O–H groups in total. The Kier molecular flexibility index (Phi) is 4.80. The molecule has 112 valence electrons. The average molecular weight is 298 g/mol. The predicted molar refractivity (Wildman–Crippen MR) is 84.5 cm³/mol. The van der Waals surface area contributed by atoms with Gasteiger partial charge in [-0.05, 0) is 24.5 Å². The summed E-state index contributed by atoms with van der Waals surface area (Å²) in [5.74, 6) is 2.64. The molecule has 0 amide bonds. The minimum absolute atomic E-state index is 0.238. The van der Waals surface area contributed by atoms with Crippen molar-refractivity contribution >= 4 is 23.3 Å². The summed E-state index contributed by atoms with van der Waals surface area (Å²) in [6.45, 7) is 4.50. The highest BCUT2D eigenvalue weighted by Crippen LogP contribution is 2.21. The molecule has 1 aliphatic rings. The zero-order valence-corrected chi connectivity index (χ0v) is 12.8. The Morgan fingerprint density at radius 3 is 2.85 bits per heavy atom. The number of thioether (sulfide) groups is 1. The van der Waals surface area contributed by atoms with E-state index < -0.39 is 11.2 Å². The van der Waals surface area contributed by atoms with Gasteiger partial charge in [0, 0.05) is 18.3 Å². The Morgan fingerprint density at radius 1 is 1.50 bits per heavy atom. The van der Waals surface area contributed by atoms with Crippen molar-refractivity contribution in [1.29, 1.82) is 0 Å². The molecule has 1 atom stereocenters. The van der Waals surface area contributed by atoms with E-state index in [1.165, 1.54) is 4.57 Å². The first-order valence-electron chi connectivity index (χ1n) is 6.96. The van der Waals surface area contributed by atoms with E-state index in [0.717, 1.165) is 24.3 Å². The molecule has 6 nitrogen and oxygen atoms in total. The Bertz CT molecular complexity index is 573. The van der Waals surface area contributed by atoms with Crippen LogP contribution in [0.25, 0.3) is 0 Å². The van der Waals surface area contributed by atoms with E-state index in [-0.39, 0.29) is 17.8 Å². The second-order valence-electron chi connectivity index (χ2n) is 5.58. The van der Waals surface area contributed by atoms with Gasteiger partial charge in [-0.25, -0.2) is 4.79 Å². The van der Waals surface area contributed by atoms with Crippen LogP contribution >= 0.6 is 11.8 Å². The summed E-state index contributed by atoms with van der Waals surface area (Å²) in [5, 5.41) is 3.21. The lowest BCUT2D eigenvalue weighted by Crippen LogP contribution is -2.37. The highest BCUT2D eigenvalue weighted by atomic mass is 32.2. The molecule has 0 aromatic carbocycles. The van der Waals surface area contributed by atoms with Crippen LogP contribution in [0.1, 0.15) is 26.7 Å². The number of nitrogens with two attached hydrogens (primary N) is 1. The number of anilines is 2. The quantitative estimate of drug-likeness (QED) is 0.773. The number of nitrogen functional groups attached to an aromatic ring is 1. The van der Waals surface area contributed by atoms with E-state index >= 15 is 0 Å². The number of hydrogen-bond acceptors (Lipinski definition) is 5. The van der Waals surface area contributed by atoms with Gasteiger partial charge >= 0.3 is 5.69 Å². The van der Waals surface area contributed by atoms with E-state index in [0.29, 0.717) is 12.2 Å². The van der Waals surface area contributed by atoms with Crippen molar-refractivity contribution in [3.63, 3.8) is 0 Å². The number of aromatic amines is 1. The second kappa shape index (κ2) is 6.39. The minimum Gasteiger partial charge on any atom is -0.383 e. The van der Waals surface area contributed by atoms with Crippen LogP contribution in [0.4, 0.5) is 11.5 Å². The molecule has 1 fully saturated rings. The van der Waals surface area contributed by atoms with Gasteiger partial charge < -0.3 is 11.1 Å². The van der Waals surface area contributed by atoms with Crippen LogP contribution in [0.3, 0.4) is 0 Å². The van der Waals surface area contributed by atoms with Gasteiger partial charge in [0.25, 0.3) is 5.56 Å². The molecular formula is C13H22N4O2S. The fourth-order valence-electron chi connectivity index (χ4n) is 2.33. The highest BCUT2D eigenvalue weighted by molar-refractivity contribution is 7.99. The summed E-state index contributed by atoms with van der Waals surface area (Å²) >= 11 is 1.87. The lowest BCUT2D eigenvalue weighted by molar-refractivity contribution is 0.508. The van der Waals surface area contributed by atoms with Gasteiger partial charge in [0.15, 0.2) is 0 Å². The molecular weight excluding hydrogens is 276 g/mol. The molecule has 1 aromatic heterocycles. The van der Waals surface area contributed by atoms with Gasteiger partial charge in [0.2, 0.25) is 0 Å². The van der Waals surface area contributed by atoms with Crippen molar-refractivity contribution in [2.45, 2.75) is 39.3 Å². The molecule has 1 saturated heterocycles. The molecule has 0 spiro atoms. The van der Waals surface area contributed by atoms with Crippen molar-refractivity contribution in [2.24, 2.45) is 5.92 Å². The van der Waals surface area contributed by atoms with Crippen LogP contribution in [0, 0.1) is 5.92 Å². The molecule has 2 heterocycles. The maximum Gasteiger partial charge on any atom is 0.330 e. The topological polar surface area (TPSA) is 92.9 Å². The third-order valence-corrected chi connectivity index (χ3v) is 4.51. The van der Waals surface area contributed by atoms with E-state index in [1.54, 1.807) is 0 Å². The number of aromatic nitrogens is 2. The van der Waals surface area contributed by atoms with Crippen LogP contribution in [0.5, 0.6) is 0 Å². The molecule has 0 bridgehead atoms. The summed E-state index contributed by atoms with van der Waals surface area (Å²) in [4.78, 5) is 26.1. The molecule has 0 radical (unpaired) electrons. The van der Waals surface area contributed by atoms with Crippen LogP contribution in [0.15, 0.2) is 9.59 Å². The summed E-state index contributed by atoms with van der Waals surface area (Å²) in [6, 6.07) is 0.238. The lowest BCUT2D eigenvalue weighted by Gasteiger charge is -2.24. The number of nitrogens with one attached hydrogen (secondary N) is 2. The normalized spacial score (nSPS) is 19.2. The Hall–Kier alpha value is -1.37. The number of H-pyrrole nitrogens is 1. The number of rotatable bonds is 4. The number of nitrogens with zero attached hydrogens (tertiary/aromatic N) is 1. The molecule has 0 aliphatic carbocycles. The van der Waals surface area contributed by atoms with Crippen molar-refractivity contribution in [2.75, 3.05) is 22.6 Å². The molecule has 2 rings (SSSR count). The van der Waals surface area contributed by atoms with E-state index in [4.69, 9.17) is 5.73 Å². The number of hydrogen-bond donors (Lipinski definition) is 3. The molecule has 1 aromatic rings. The Morgan fingerprint density at radius 2 is 2.25 bits per heavy atom. The van der Waals surface area contributed by atoms with Crippen molar-refractivity contribution in [3.8, 4) is 0 Å². The molecule has 1 aliphatic heterocycles. The fourth-order valence-corrected chi connectivity index (χ4v) is 3.40. The van der Waals surface area contributed by atoms with Crippen LogP contribution in [0.2, 0.25) is 0 Å². The average Bonchev–Trinajstić information content (AvgIpc) is 2.40. The van der Waals surface area contributed by atoms with Gasteiger partial charge in [0.05, 0.1) is 0 Å². The van der Waals surface area contributed by atoms with Gasteiger partial charge in [-0.1, -0.05) is 13.8 Å². The van der Waals surface area contributed by atoms with Crippen molar-refractivity contribution < 1.29 is 0 Å². The fraction of sp³-hybridized carbons (Fsp3) is 0.692. The largest absolute Gasteiger partial charge is 0.383 e. The summed E-state index contributed by atoms with van der Waals surface area (Å²) in [5.41, 5.74) is 5.49. The zero-order chi connectivity index (χ0) is 14.7. The van der Waals surface area contributed by atoms with Crippen LogP contribution < -0.4 is 22.3 Å². The Balaban J connectivity index is 2.31. The summed E-state index contributed by atoms with van der Waals surface area (Å²) in [6.07, 6.45) is 2.15. The molecule has 7 heteroatoms. The third-order valence-electron chi connectivity index (χ3n) is 3.30. The van der Waals surface area contributed by atoms with Gasteiger partial charge in [-0.3, -0.25) is 14.3 Å². The second-order valence-corrected chi connectivity index (χ2v) is 6.73. The Labute approximate surface area is 122 Å². The van der Waals surface area contributed by atoms with Crippen LogP contribution in [-0.4, -0.2) is 27.1 Å². The SMILES string of the molecule is CC(C)Cn1c(N)c(NC2CCCSC2)c(=O)[nH]c1=O. The van der Waals surface area contributed by atoms with Gasteiger partial charge in [-0.2, -0.15) is 11.8 Å². The van der Waals surface area contributed by atoms with E-state index in [1.807, 2.05) is 25.6 Å². The van der Waals surface area contributed by atoms with Gasteiger partial charge in [-0.15, -0.1) is 0 Å². The first kappa shape index (κ1) is 15.0. The summed E-state index contributed by atoms with van der Waals surface area (Å²) in [7, 11) is 0. The van der Waals surface area contributed by atoms with E-state index in [2.05, 4.69) is 10.3 Å². The van der Waals surface area contributed by atoms with E-state index in [9.17, 15) is 9.59 Å². The standard InChI is InChI=1S/C13H22N4O2S/c1-8(2)6-17-11(14)10(12(18)16-13(17)19)15-9-4-3-5-20-7-9/h8-9,15H,3-7,14H2,1-2H3,(H,16,18,19). The smallest absolute Gasteiger partial charge is 0.330 e. The maximum atomic E-state index is 12.0.